The molecule has 0 fully saturated rings. The molecule has 1 heteroatoms. The van der Waals surface area contributed by atoms with Crippen molar-refractivity contribution < 1.29 is 5.11 Å². The van der Waals surface area contributed by atoms with Gasteiger partial charge in [-0.05, 0) is 24.6 Å². The molecule has 0 heterocycles. The van der Waals surface area contributed by atoms with E-state index < -0.39 is 6.10 Å². The Labute approximate surface area is 66.7 Å². The van der Waals surface area contributed by atoms with Crippen molar-refractivity contribution in [3.8, 4) is 12.3 Å². The summed E-state index contributed by atoms with van der Waals surface area (Å²) in [5, 5.41) is 9.14. The first-order valence-electron chi connectivity index (χ1n) is 3.48. The van der Waals surface area contributed by atoms with Gasteiger partial charge in [-0.3, -0.25) is 0 Å². The van der Waals surface area contributed by atoms with Crippen molar-refractivity contribution in [1.29, 1.82) is 0 Å². The van der Waals surface area contributed by atoms with Crippen LogP contribution in [0.1, 0.15) is 24.2 Å². The van der Waals surface area contributed by atoms with Gasteiger partial charge in [-0.25, -0.2) is 0 Å². The molecule has 0 radical (unpaired) electrons. The lowest BCUT2D eigenvalue weighted by atomic mass is 10.1. The third-order valence-corrected chi connectivity index (χ3v) is 1.56. The normalized spacial score (nSPS) is 12.1. The van der Waals surface area contributed by atoms with Gasteiger partial charge < -0.3 is 5.11 Å². The van der Waals surface area contributed by atoms with Gasteiger partial charge in [0.05, 0.1) is 6.10 Å². The molecular formula is C10H10O. The molecule has 0 spiro atoms. The fourth-order valence-corrected chi connectivity index (χ4v) is 0.858. The van der Waals surface area contributed by atoms with Gasteiger partial charge in [0.2, 0.25) is 0 Å². The summed E-state index contributed by atoms with van der Waals surface area (Å²) in [5.74, 6) is 2.51. The van der Waals surface area contributed by atoms with Crippen LogP contribution in [0, 0.1) is 12.3 Å². The zero-order valence-corrected chi connectivity index (χ0v) is 6.41. The average molecular weight is 146 g/mol. The summed E-state index contributed by atoms with van der Waals surface area (Å²) in [6, 6.07) is 7.31. The van der Waals surface area contributed by atoms with Crippen LogP contribution in [0.5, 0.6) is 0 Å². The maximum absolute atomic E-state index is 9.14. The van der Waals surface area contributed by atoms with Crippen LogP contribution < -0.4 is 0 Å². The van der Waals surface area contributed by atoms with Crippen molar-refractivity contribution in [1.82, 2.24) is 0 Å². The first-order valence-corrected chi connectivity index (χ1v) is 3.48. The maximum atomic E-state index is 9.14. The van der Waals surface area contributed by atoms with Crippen molar-refractivity contribution in [2.75, 3.05) is 0 Å². The van der Waals surface area contributed by atoms with Crippen LogP contribution >= 0.6 is 0 Å². The van der Waals surface area contributed by atoms with E-state index in [-0.39, 0.29) is 0 Å². The first-order chi connectivity index (χ1) is 5.24. The quantitative estimate of drug-likeness (QED) is 0.598. The number of benzene rings is 1. The molecule has 0 bridgehead atoms. The van der Waals surface area contributed by atoms with Gasteiger partial charge in [0, 0.05) is 5.56 Å². The van der Waals surface area contributed by atoms with Gasteiger partial charge in [-0.2, -0.15) is 0 Å². The molecular weight excluding hydrogens is 136 g/mol. The Morgan fingerprint density at radius 2 is 1.91 bits per heavy atom. The molecule has 0 aliphatic heterocycles. The molecule has 0 unspecified atom stereocenters. The molecule has 1 rings (SSSR count). The maximum Gasteiger partial charge on any atom is 0.0761 e. The summed E-state index contributed by atoms with van der Waals surface area (Å²) < 4.78 is 0. The van der Waals surface area contributed by atoms with Crippen LogP contribution in [0.2, 0.25) is 0 Å². The fourth-order valence-electron chi connectivity index (χ4n) is 0.858. The van der Waals surface area contributed by atoms with Crippen LogP contribution in [-0.4, -0.2) is 5.11 Å². The lowest BCUT2D eigenvalue weighted by Gasteiger charge is -2.02. The van der Waals surface area contributed by atoms with E-state index in [1.54, 1.807) is 6.92 Å². The minimum atomic E-state index is -0.415. The van der Waals surface area contributed by atoms with Gasteiger partial charge in [0.1, 0.15) is 0 Å². The van der Waals surface area contributed by atoms with Gasteiger partial charge in [0.15, 0.2) is 0 Å². The third kappa shape index (κ3) is 1.83. The third-order valence-electron chi connectivity index (χ3n) is 1.56. The van der Waals surface area contributed by atoms with Crippen LogP contribution in [-0.2, 0) is 0 Å². The predicted octanol–water partition coefficient (Wildman–Crippen LogP) is 1.72. The second kappa shape index (κ2) is 3.23. The van der Waals surface area contributed by atoms with Gasteiger partial charge in [-0.1, -0.05) is 18.1 Å². The Balaban J connectivity index is 2.94. The molecule has 0 amide bonds. The number of hydrogen-bond donors (Lipinski definition) is 1. The minimum absolute atomic E-state index is 0.415. The first kappa shape index (κ1) is 7.84. The molecule has 0 saturated carbocycles. The molecule has 0 aromatic heterocycles. The zero-order chi connectivity index (χ0) is 8.27. The molecule has 56 valence electrons. The van der Waals surface area contributed by atoms with E-state index in [0.717, 1.165) is 11.1 Å². The summed E-state index contributed by atoms with van der Waals surface area (Å²) in [6.45, 7) is 1.73. The summed E-state index contributed by atoms with van der Waals surface area (Å²) in [7, 11) is 0. The smallest absolute Gasteiger partial charge is 0.0761 e. The van der Waals surface area contributed by atoms with Crippen molar-refractivity contribution >= 4 is 0 Å². The molecule has 0 aliphatic rings. The molecule has 1 nitrogen and oxygen atoms in total. The lowest BCUT2D eigenvalue weighted by Crippen LogP contribution is -1.89. The summed E-state index contributed by atoms with van der Waals surface area (Å²) >= 11 is 0. The van der Waals surface area contributed by atoms with Crippen molar-refractivity contribution in [2.45, 2.75) is 13.0 Å². The number of rotatable bonds is 1. The van der Waals surface area contributed by atoms with Crippen LogP contribution in [0.15, 0.2) is 24.3 Å². The molecule has 0 aliphatic carbocycles. The Morgan fingerprint density at radius 1 is 1.36 bits per heavy atom. The SMILES string of the molecule is C#Cc1ccc([C@H](C)O)cc1. The van der Waals surface area contributed by atoms with Crippen LogP contribution in [0.3, 0.4) is 0 Å². The highest BCUT2D eigenvalue weighted by molar-refractivity contribution is 5.34. The average Bonchev–Trinajstić information content (AvgIpc) is 2.05. The number of terminal acetylenes is 1. The molecule has 1 aromatic rings. The van der Waals surface area contributed by atoms with E-state index in [0.29, 0.717) is 0 Å². The Bertz CT molecular complexity index is 264. The zero-order valence-electron chi connectivity index (χ0n) is 6.41. The van der Waals surface area contributed by atoms with Gasteiger partial charge >= 0.3 is 0 Å². The summed E-state index contributed by atoms with van der Waals surface area (Å²) in [6.07, 6.45) is 4.75. The standard InChI is InChI=1S/C10H10O/c1-3-9-4-6-10(7-5-9)8(2)11/h1,4-8,11H,2H3/t8-/m0/s1. The molecule has 11 heavy (non-hydrogen) atoms. The van der Waals surface area contributed by atoms with Crippen molar-refractivity contribution in [2.24, 2.45) is 0 Å². The molecule has 1 N–H and O–H groups in total. The Kier molecular flexibility index (Phi) is 2.30. The fraction of sp³-hybridized carbons (Fsp3) is 0.200. The molecule has 0 saturated heterocycles. The van der Waals surface area contributed by atoms with E-state index in [1.807, 2.05) is 24.3 Å². The Morgan fingerprint density at radius 3 is 2.27 bits per heavy atom. The monoisotopic (exact) mass is 146 g/mol. The minimum Gasteiger partial charge on any atom is -0.389 e. The van der Waals surface area contributed by atoms with Crippen LogP contribution in [0.25, 0.3) is 0 Å². The number of hydrogen-bond acceptors (Lipinski definition) is 1. The summed E-state index contributed by atoms with van der Waals surface area (Å²) in [5.41, 5.74) is 1.73. The number of aliphatic hydroxyl groups excluding tert-OH is 1. The lowest BCUT2D eigenvalue weighted by molar-refractivity contribution is 0.199. The number of aliphatic hydroxyl groups is 1. The molecule has 1 aromatic carbocycles. The highest BCUT2D eigenvalue weighted by atomic mass is 16.3. The predicted molar refractivity (Wildman–Crippen MR) is 45.0 cm³/mol. The van der Waals surface area contributed by atoms with E-state index >= 15 is 0 Å². The van der Waals surface area contributed by atoms with E-state index in [4.69, 9.17) is 11.5 Å². The van der Waals surface area contributed by atoms with E-state index in [1.165, 1.54) is 0 Å². The summed E-state index contributed by atoms with van der Waals surface area (Å²) in [4.78, 5) is 0. The Hall–Kier alpha value is -1.26. The van der Waals surface area contributed by atoms with E-state index in [9.17, 15) is 0 Å². The highest BCUT2D eigenvalue weighted by Gasteiger charge is 1.97. The largest absolute Gasteiger partial charge is 0.389 e. The highest BCUT2D eigenvalue weighted by Crippen LogP contribution is 2.11. The topological polar surface area (TPSA) is 20.2 Å². The van der Waals surface area contributed by atoms with E-state index in [2.05, 4.69) is 5.92 Å². The molecule has 1 atom stereocenters. The van der Waals surface area contributed by atoms with Crippen molar-refractivity contribution in [3.63, 3.8) is 0 Å². The van der Waals surface area contributed by atoms with Gasteiger partial charge in [-0.15, -0.1) is 6.42 Å². The van der Waals surface area contributed by atoms with Gasteiger partial charge in [0.25, 0.3) is 0 Å². The second-order valence-electron chi connectivity index (χ2n) is 2.44. The second-order valence-corrected chi connectivity index (χ2v) is 2.44. The van der Waals surface area contributed by atoms with Crippen molar-refractivity contribution in [3.05, 3.63) is 35.4 Å². The van der Waals surface area contributed by atoms with Crippen LogP contribution in [0.4, 0.5) is 0 Å².